The van der Waals surface area contributed by atoms with E-state index in [4.69, 9.17) is 0 Å². The second-order valence-corrected chi connectivity index (χ2v) is 12.3. The van der Waals surface area contributed by atoms with Crippen molar-refractivity contribution < 1.29 is 0 Å². The van der Waals surface area contributed by atoms with Crippen molar-refractivity contribution in [3.05, 3.63) is 68.8 Å². The van der Waals surface area contributed by atoms with Gasteiger partial charge < -0.3 is 0 Å². The quantitative estimate of drug-likeness (QED) is 0.150. The van der Waals surface area contributed by atoms with Crippen LogP contribution in [0.1, 0.15) is 176 Å². The second-order valence-electron chi connectivity index (χ2n) is 12.3. The molecule has 2 aromatic carbocycles. The van der Waals surface area contributed by atoms with Crippen molar-refractivity contribution in [2.75, 3.05) is 0 Å². The number of aryl methyl sites for hydroxylation is 4. The van der Waals surface area contributed by atoms with Crippen LogP contribution in [-0.4, -0.2) is 0 Å². The summed E-state index contributed by atoms with van der Waals surface area (Å²) in [6, 6.07) is 10.1. The van der Waals surface area contributed by atoms with Crippen LogP contribution in [0, 0.1) is 0 Å². The van der Waals surface area contributed by atoms with E-state index in [1.54, 1.807) is 44.5 Å². The highest BCUT2D eigenvalue weighted by Gasteiger charge is 2.22. The maximum Gasteiger partial charge on any atom is -0.0144 e. The van der Waals surface area contributed by atoms with Crippen LogP contribution in [0.2, 0.25) is 0 Å². The van der Waals surface area contributed by atoms with Crippen LogP contribution in [0.15, 0.2) is 24.3 Å². The first kappa shape index (κ1) is 33.6. The van der Waals surface area contributed by atoms with Gasteiger partial charge in [-0.3, -0.25) is 0 Å². The van der Waals surface area contributed by atoms with Crippen LogP contribution in [0.5, 0.6) is 0 Å². The van der Waals surface area contributed by atoms with Crippen molar-refractivity contribution in [3.63, 3.8) is 0 Å². The molecule has 0 aliphatic rings. The largest absolute Gasteiger partial charge is 0.0654 e. The Bertz CT molecular complexity index is 934. The van der Waals surface area contributed by atoms with Gasteiger partial charge in [0.05, 0.1) is 0 Å². The summed E-state index contributed by atoms with van der Waals surface area (Å²) in [4.78, 5) is 0. The van der Waals surface area contributed by atoms with E-state index in [1.807, 2.05) is 0 Å². The maximum atomic E-state index is 2.58. The van der Waals surface area contributed by atoms with Gasteiger partial charge in [0.1, 0.15) is 0 Å². The summed E-state index contributed by atoms with van der Waals surface area (Å²) in [5.74, 6) is 0.576. The van der Waals surface area contributed by atoms with Gasteiger partial charge in [0.25, 0.3) is 0 Å². The van der Waals surface area contributed by atoms with E-state index >= 15 is 0 Å². The smallest absolute Gasteiger partial charge is 0.0144 e. The molecule has 1 unspecified atom stereocenters. The normalized spacial score (nSPS) is 12.3. The molecule has 2 aromatic rings. The molecule has 0 amide bonds. The molecule has 220 valence electrons. The topological polar surface area (TPSA) is 0 Å². The molecule has 1 atom stereocenters. The lowest BCUT2D eigenvalue weighted by molar-refractivity contribution is 0.673. The first-order chi connectivity index (χ1) is 19.1. The minimum atomic E-state index is 0.576. The summed E-state index contributed by atoms with van der Waals surface area (Å²) in [5.41, 5.74) is 13.6. The lowest BCUT2D eigenvalue weighted by Crippen LogP contribution is -2.14. The molecule has 0 nitrogen and oxygen atoms in total. The molecule has 0 saturated heterocycles. The van der Waals surface area contributed by atoms with E-state index in [1.165, 1.54) is 122 Å². The van der Waals surface area contributed by atoms with Gasteiger partial charge in [-0.1, -0.05) is 111 Å². The fourth-order valence-electron chi connectivity index (χ4n) is 6.53. The van der Waals surface area contributed by atoms with Crippen molar-refractivity contribution in [3.8, 4) is 0 Å². The molecule has 0 bridgehead atoms. The Balaban J connectivity index is 2.66. The van der Waals surface area contributed by atoms with E-state index in [-0.39, 0.29) is 0 Å². The first-order valence-electron chi connectivity index (χ1n) is 17.3. The molecule has 2 rings (SSSR count). The summed E-state index contributed by atoms with van der Waals surface area (Å²) in [6.45, 7) is 16.7. The highest BCUT2D eigenvalue weighted by Crippen LogP contribution is 2.36. The van der Waals surface area contributed by atoms with E-state index in [0.717, 1.165) is 0 Å². The fourth-order valence-corrected chi connectivity index (χ4v) is 6.53. The molecule has 0 aliphatic carbocycles. The average Bonchev–Trinajstić information content (AvgIpc) is 2.95. The van der Waals surface area contributed by atoms with Crippen LogP contribution < -0.4 is 0 Å². The minimum Gasteiger partial charge on any atom is -0.0654 e. The molecular weight excluding hydrogens is 468 g/mol. The number of hydrogen-bond acceptors (Lipinski definition) is 0. The third-order valence-electron chi connectivity index (χ3n) is 8.93. The molecule has 0 radical (unpaired) electrons. The highest BCUT2D eigenvalue weighted by atomic mass is 14.3. The Morgan fingerprint density at radius 1 is 0.410 bits per heavy atom. The Morgan fingerprint density at radius 2 is 0.744 bits per heavy atom. The van der Waals surface area contributed by atoms with Gasteiger partial charge in [0.15, 0.2) is 0 Å². The lowest BCUT2D eigenvalue weighted by atomic mass is 9.78. The molecule has 0 N–H and O–H groups in total. The summed E-state index contributed by atoms with van der Waals surface area (Å²) >= 11 is 0. The minimum absolute atomic E-state index is 0.576. The van der Waals surface area contributed by atoms with E-state index < -0.39 is 0 Å². The van der Waals surface area contributed by atoms with Gasteiger partial charge >= 0.3 is 0 Å². The Labute approximate surface area is 244 Å². The third-order valence-corrected chi connectivity index (χ3v) is 8.93. The Morgan fingerprint density at radius 3 is 1.21 bits per heavy atom. The standard InChI is InChI=1S/C39H64/c1-8-14-20-32-26-27-34(22-16-10-3)38(36(32)24-18-12-5)30-31(7)39-35(23-17-11-4)29-28-33(21-15-9-2)37(39)25-19-13-6/h26-29,31H,8-25,30H2,1-7H3. The predicted octanol–water partition coefficient (Wildman–Crippen LogP) is 12.1. The molecule has 0 heterocycles. The zero-order chi connectivity index (χ0) is 28.5. The number of benzene rings is 2. The van der Waals surface area contributed by atoms with Gasteiger partial charge in [0, 0.05) is 0 Å². The number of rotatable bonds is 21. The summed E-state index contributed by atoms with van der Waals surface area (Å²) < 4.78 is 0. The molecular formula is C39H64. The van der Waals surface area contributed by atoms with Crippen molar-refractivity contribution in [1.29, 1.82) is 0 Å². The van der Waals surface area contributed by atoms with Gasteiger partial charge in [-0.25, -0.2) is 0 Å². The van der Waals surface area contributed by atoms with Crippen LogP contribution >= 0.6 is 0 Å². The SMILES string of the molecule is CCCCc1ccc(CCCC)c(CC(C)c2c(CCCC)ccc(CCCC)c2CCCC)c1CCCC. The first-order valence-corrected chi connectivity index (χ1v) is 17.3. The zero-order valence-corrected chi connectivity index (χ0v) is 27.3. The summed E-state index contributed by atoms with van der Waals surface area (Å²) in [5, 5.41) is 0. The molecule has 0 spiro atoms. The van der Waals surface area contributed by atoms with Crippen molar-refractivity contribution in [2.45, 2.75) is 176 Å². The lowest BCUT2D eigenvalue weighted by Gasteiger charge is -2.27. The van der Waals surface area contributed by atoms with Crippen LogP contribution in [0.4, 0.5) is 0 Å². The van der Waals surface area contributed by atoms with Gasteiger partial charge in [-0.05, 0) is 134 Å². The predicted molar refractivity (Wildman–Crippen MR) is 177 cm³/mol. The molecule has 0 aliphatic heterocycles. The zero-order valence-electron chi connectivity index (χ0n) is 27.3. The maximum absolute atomic E-state index is 2.58. The van der Waals surface area contributed by atoms with Gasteiger partial charge in [-0.2, -0.15) is 0 Å². The Kier molecular flexibility index (Phi) is 16.8. The highest BCUT2D eigenvalue weighted by molar-refractivity contribution is 5.47. The van der Waals surface area contributed by atoms with Crippen molar-refractivity contribution in [1.82, 2.24) is 0 Å². The molecule has 0 aromatic heterocycles. The molecule has 0 fully saturated rings. The summed E-state index contributed by atoms with van der Waals surface area (Å²) in [7, 11) is 0. The number of hydrogen-bond donors (Lipinski definition) is 0. The third kappa shape index (κ3) is 10.4. The average molecular weight is 533 g/mol. The fraction of sp³-hybridized carbons (Fsp3) is 0.692. The molecule has 0 saturated carbocycles. The monoisotopic (exact) mass is 533 g/mol. The molecule has 39 heavy (non-hydrogen) atoms. The van der Waals surface area contributed by atoms with Gasteiger partial charge in [0.2, 0.25) is 0 Å². The van der Waals surface area contributed by atoms with Crippen molar-refractivity contribution in [2.24, 2.45) is 0 Å². The number of unbranched alkanes of at least 4 members (excludes halogenated alkanes) is 6. The summed E-state index contributed by atoms with van der Waals surface area (Å²) in [6.07, 6.45) is 24.2. The van der Waals surface area contributed by atoms with Crippen LogP contribution in [-0.2, 0) is 44.9 Å². The molecule has 0 heteroatoms. The van der Waals surface area contributed by atoms with E-state index in [9.17, 15) is 0 Å². The van der Waals surface area contributed by atoms with Crippen molar-refractivity contribution >= 4 is 0 Å². The van der Waals surface area contributed by atoms with E-state index in [0.29, 0.717) is 5.92 Å². The van der Waals surface area contributed by atoms with E-state index in [2.05, 4.69) is 72.7 Å². The Hall–Kier alpha value is -1.56. The second kappa shape index (κ2) is 19.5. The van der Waals surface area contributed by atoms with Gasteiger partial charge in [-0.15, -0.1) is 0 Å². The van der Waals surface area contributed by atoms with Crippen LogP contribution in [0.3, 0.4) is 0 Å². The van der Waals surface area contributed by atoms with Crippen LogP contribution in [0.25, 0.3) is 0 Å².